The Morgan fingerprint density at radius 1 is 0.565 bits per heavy atom. The minimum atomic E-state index is 0.599. The lowest BCUT2D eigenvalue weighted by Crippen LogP contribution is -2.14. The zero-order chi connectivity index (χ0) is 17.0. The summed E-state index contributed by atoms with van der Waals surface area (Å²) in [5, 5.41) is 0. The molecular weight excluding hydrogens is 296 g/mol. The van der Waals surface area contributed by atoms with Crippen LogP contribution in [0, 0.1) is 5.92 Å². The van der Waals surface area contributed by atoms with Gasteiger partial charge < -0.3 is 23.7 Å². The molecule has 0 N–H and O–H groups in total. The first-order valence-electron chi connectivity index (χ1n) is 9.19. The Morgan fingerprint density at radius 2 is 1.00 bits per heavy atom. The summed E-state index contributed by atoms with van der Waals surface area (Å²) in [5.41, 5.74) is 0. The lowest BCUT2D eigenvalue weighted by molar-refractivity contribution is -0.0133. The van der Waals surface area contributed by atoms with E-state index < -0.39 is 0 Å². The maximum atomic E-state index is 5.50. The molecule has 0 aromatic rings. The molecule has 0 fully saturated rings. The molecule has 140 valence electrons. The highest BCUT2D eigenvalue weighted by Gasteiger charge is 1.98. The van der Waals surface area contributed by atoms with E-state index in [-0.39, 0.29) is 0 Å². The second-order valence-corrected chi connectivity index (χ2v) is 5.74. The molecule has 0 aromatic carbocycles. The summed E-state index contributed by atoms with van der Waals surface area (Å²) in [6.45, 7) is 13.2. The lowest BCUT2D eigenvalue weighted by atomic mass is 10.1. The Balaban J connectivity index is 2.97. The Morgan fingerprint density at radius 3 is 1.43 bits per heavy atom. The van der Waals surface area contributed by atoms with Crippen LogP contribution in [-0.2, 0) is 23.7 Å². The lowest BCUT2D eigenvalue weighted by Gasteiger charge is -2.10. The summed E-state index contributed by atoms with van der Waals surface area (Å²) in [6.07, 6.45) is 4.76. The molecule has 23 heavy (non-hydrogen) atoms. The first kappa shape index (κ1) is 22.8. The van der Waals surface area contributed by atoms with E-state index >= 15 is 0 Å². The normalized spacial score (nSPS) is 12.7. The van der Waals surface area contributed by atoms with Crippen molar-refractivity contribution in [2.24, 2.45) is 5.92 Å². The van der Waals surface area contributed by atoms with Gasteiger partial charge in [-0.1, -0.05) is 40.0 Å². The minimum Gasteiger partial charge on any atom is -0.379 e. The predicted molar refractivity (Wildman–Crippen MR) is 93.1 cm³/mol. The highest BCUT2D eigenvalue weighted by molar-refractivity contribution is 4.45. The van der Waals surface area contributed by atoms with Gasteiger partial charge in [-0.15, -0.1) is 0 Å². The number of unbranched alkanes of at least 4 members (excludes halogenated alkanes) is 2. The Hall–Kier alpha value is -0.200. The summed E-state index contributed by atoms with van der Waals surface area (Å²) in [7, 11) is 0. The molecule has 0 bridgehead atoms. The molecule has 5 nitrogen and oxygen atoms in total. The van der Waals surface area contributed by atoms with Crippen molar-refractivity contribution in [3.63, 3.8) is 0 Å². The third kappa shape index (κ3) is 19.8. The van der Waals surface area contributed by atoms with Crippen LogP contribution in [0.25, 0.3) is 0 Å². The number of hydrogen-bond acceptors (Lipinski definition) is 5. The average Bonchev–Trinajstić information content (AvgIpc) is 2.57. The summed E-state index contributed by atoms with van der Waals surface area (Å²) < 4.78 is 27.2. The molecule has 0 saturated heterocycles. The van der Waals surface area contributed by atoms with Crippen LogP contribution >= 0.6 is 0 Å². The molecule has 0 aromatic heterocycles. The maximum Gasteiger partial charge on any atom is 0.0701 e. The van der Waals surface area contributed by atoms with E-state index in [2.05, 4.69) is 20.8 Å². The Bertz CT molecular complexity index is 214. The zero-order valence-electron chi connectivity index (χ0n) is 15.5. The van der Waals surface area contributed by atoms with E-state index in [0.29, 0.717) is 58.8 Å². The molecule has 0 saturated carbocycles. The van der Waals surface area contributed by atoms with E-state index in [1.807, 2.05) is 0 Å². The molecule has 0 heterocycles. The van der Waals surface area contributed by atoms with Crippen molar-refractivity contribution in [3.05, 3.63) is 0 Å². The Kier molecular flexibility index (Phi) is 19.7. The molecule has 0 spiro atoms. The van der Waals surface area contributed by atoms with Crippen LogP contribution in [0.1, 0.15) is 46.5 Å². The van der Waals surface area contributed by atoms with Crippen LogP contribution in [0.2, 0.25) is 0 Å². The van der Waals surface area contributed by atoms with Gasteiger partial charge in [0.25, 0.3) is 0 Å². The average molecular weight is 334 g/mol. The van der Waals surface area contributed by atoms with Crippen LogP contribution in [0.5, 0.6) is 0 Å². The number of rotatable bonds is 19. The largest absolute Gasteiger partial charge is 0.379 e. The van der Waals surface area contributed by atoms with Crippen molar-refractivity contribution in [2.45, 2.75) is 46.5 Å². The second-order valence-electron chi connectivity index (χ2n) is 5.74. The molecule has 0 amide bonds. The Labute approximate surface area is 143 Å². The van der Waals surface area contributed by atoms with Gasteiger partial charge in [0.05, 0.1) is 52.9 Å². The summed E-state index contributed by atoms with van der Waals surface area (Å²) in [5.74, 6) is 0.625. The third-order valence-electron chi connectivity index (χ3n) is 3.48. The van der Waals surface area contributed by atoms with Crippen LogP contribution in [0.4, 0.5) is 0 Å². The fraction of sp³-hybridized carbons (Fsp3) is 1.00. The first-order chi connectivity index (χ1) is 11.3. The summed E-state index contributed by atoms with van der Waals surface area (Å²) in [6, 6.07) is 0. The van der Waals surface area contributed by atoms with Gasteiger partial charge in [-0.05, 0) is 12.3 Å². The van der Waals surface area contributed by atoms with Gasteiger partial charge in [-0.3, -0.25) is 0 Å². The molecule has 1 atom stereocenters. The quantitative estimate of drug-likeness (QED) is 0.339. The minimum absolute atomic E-state index is 0.599. The first-order valence-corrected chi connectivity index (χ1v) is 9.19. The predicted octanol–water partition coefficient (Wildman–Crippen LogP) is 3.31. The maximum absolute atomic E-state index is 5.50. The highest BCUT2D eigenvalue weighted by Crippen LogP contribution is 1.99. The van der Waals surface area contributed by atoms with E-state index in [9.17, 15) is 0 Å². The van der Waals surface area contributed by atoms with Crippen LogP contribution in [0.3, 0.4) is 0 Å². The summed E-state index contributed by atoms with van der Waals surface area (Å²) >= 11 is 0. The van der Waals surface area contributed by atoms with Crippen LogP contribution < -0.4 is 0 Å². The van der Waals surface area contributed by atoms with E-state index in [0.717, 1.165) is 26.1 Å². The third-order valence-corrected chi connectivity index (χ3v) is 3.48. The monoisotopic (exact) mass is 334 g/mol. The van der Waals surface area contributed by atoms with Gasteiger partial charge >= 0.3 is 0 Å². The molecule has 0 radical (unpaired) electrons. The van der Waals surface area contributed by atoms with Gasteiger partial charge in [0.2, 0.25) is 0 Å². The molecule has 1 unspecified atom stereocenters. The second kappa shape index (κ2) is 19.8. The van der Waals surface area contributed by atoms with E-state index in [4.69, 9.17) is 23.7 Å². The molecule has 0 rings (SSSR count). The molecule has 0 aliphatic rings. The summed E-state index contributed by atoms with van der Waals surface area (Å²) in [4.78, 5) is 0. The molecule has 0 aliphatic heterocycles. The van der Waals surface area contributed by atoms with Crippen LogP contribution in [0.15, 0.2) is 0 Å². The smallest absolute Gasteiger partial charge is 0.0701 e. The van der Waals surface area contributed by atoms with Crippen molar-refractivity contribution in [1.29, 1.82) is 0 Å². The fourth-order valence-electron chi connectivity index (χ4n) is 1.74. The van der Waals surface area contributed by atoms with Gasteiger partial charge in [0, 0.05) is 13.2 Å². The molecular formula is C18H38O5. The zero-order valence-corrected chi connectivity index (χ0v) is 15.5. The van der Waals surface area contributed by atoms with Crippen molar-refractivity contribution in [2.75, 3.05) is 66.1 Å². The standard InChI is InChI=1S/C18H38O5/c1-4-6-7-8-19-9-10-20-11-12-21-13-14-22-15-16-23-17-18(3)5-2/h18H,4-17H2,1-3H3. The van der Waals surface area contributed by atoms with Crippen molar-refractivity contribution in [3.8, 4) is 0 Å². The van der Waals surface area contributed by atoms with Crippen molar-refractivity contribution in [1.82, 2.24) is 0 Å². The van der Waals surface area contributed by atoms with Crippen molar-refractivity contribution < 1.29 is 23.7 Å². The SMILES string of the molecule is CCCCCOCCOCCOCCOCCOCC(C)CC. The van der Waals surface area contributed by atoms with Gasteiger partial charge in [0.1, 0.15) is 0 Å². The number of ether oxygens (including phenoxy) is 5. The number of hydrogen-bond donors (Lipinski definition) is 0. The molecule has 5 heteroatoms. The van der Waals surface area contributed by atoms with Crippen molar-refractivity contribution >= 4 is 0 Å². The highest BCUT2D eigenvalue weighted by atomic mass is 16.6. The van der Waals surface area contributed by atoms with Crippen LogP contribution in [-0.4, -0.2) is 66.1 Å². The van der Waals surface area contributed by atoms with E-state index in [1.54, 1.807) is 0 Å². The van der Waals surface area contributed by atoms with Gasteiger partial charge in [0.15, 0.2) is 0 Å². The molecule has 0 aliphatic carbocycles. The van der Waals surface area contributed by atoms with E-state index in [1.165, 1.54) is 12.8 Å². The fourth-order valence-corrected chi connectivity index (χ4v) is 1.74. The topological polar surface area (TPSA) is 46.2 Å². The van der Waals surface area contributed by atoms with Gasteiger partial charge in [-0.2, -0.15) is 0 Å². The van der Waals surface area contributed by atoms with Gasteiger partial charge in [-0.25, -0.2) is 0 Å².